The average Bonchev–Trinajstić information content (AvgIpc) is 3.10. The Kier molecular flexibility index (Phi) is 3.53. The highest BCUT2D eigenvalue weighted by Crippen LogP contribution is 2.56. The Morgan fingerprint density at radius 1 is 1.23 bits per heavy atom. The molecule has 0 saturated heterocycles. The van der Waals surface area contributed by atoms with Crippen LogP contribution in [0.4, 0.5) is 0 Å². The summed E-state index contributed by atoms with van der Waals surface area (Å²) >= 11 is 0. The van der Waals surface area contributed by atoms with Crippen LogP contribution in [-0.4, -0.2) is 15.6 Å². The van der Waals surface area contributed by atoms with Crippen molar-refractivity contribution in [2.24, 2.45) is 5.41 Å². The third-order valence-electron chi connectivity index (χ3n) is 5.47. The van der Waals surface area contributed by atoms with Gasteiger partial charge in [0.1, 0.15) is 5.82 Å². The first-order valence-electron chi connectivity index (χ1n) is 8.61. The summed E-state index contributed by atoms with van der Waals surface area (Å²) in [7, 11) is 0. The Morgan fingerprint density at radius 2 is 2.05 bits per heavy atom. The SMILES string of the molecule is CC(NC1CCCC2(CC2)C1)c1nccn1-c1ccccc1. The van der Waals surface area contributed by atoms with Crippen LogP contribution in [0, 0.1) is 5.41 Å². The van der Waals surface area contributed by atoms with Crippen molar-refractivity contribution in [2.75, 3.05) is 0 Å². The second-order valence-electron chi connectivity index (χ2n) is 7.17. The van der Waals surface area contributed by atoms with Gasteiger partial charge in [-0.05, 0) is 56.6 Å². The number of imidazole rings is 1. The third-order valence-corrected chi connectivity index (χ3v) is 5.47. The largest absolute Gasteiger partial charge is 0.305 e. The summed E-state index contributed by atoms with van der Waals surface area (Å²) < 4.78 is 2.20. The summed E-state index contributed by atoms with van der Waals surface area (Å²) in [4.78, 5) is 4.61. The van der Waals surface area contributed by atoms with Gasteiger partial charge in [-0.25, -0.2) is 4.98 Å². The second-order valence-corrected chi connectivity index (χ2v) is 7.17. The van der Waals surface area contributed by atoms with Gasteiger partial charge in [0.15, 0.2) is 0 Å². The summed E-state index contributed by atoms with van der Waals surface area (Å²) in [6, 6.07) is 11.4. The van der Waals surface area contributed by atoms with Crippen molar-refractivity contribution in [3.05, 3.63) is 48.5 Å². The first kappa shape index (κ1) is 14.0. The minimum Gasteiger partial charge on any atom is -0.305 e. The first-order chi connectivity index (χ1) is 10.8. The lowest BCUT2D eigenvalue weighted by Gasteiger charge is -2.32. The average molecular weight is 295 g/mol. The molecule has 2 saturated carbocycles. The smallest absolute Gasteiger partial charge is 0.130 e. The quantitative estimate of drug-likeness (QED) is 0.914. The third kappa shape index (κ3) is 2.70. The van der Waals surface area contributed by atoms with E-state index in [2.05, 4.69) is 58.3 Å². The number of nitrogens with one attached hydrogen (secondary N) is 1. The summed E-state index contributed by atoms with van der Waals surface area (Å²) in [6.07, 6.45) is 12.4. The van der Waals surface area contributed by atoms with Crippen LogP contribution in [-0.2, 0) is 0 Å². The monoisotopic (exact) mass is 295 g/mol. The molecule has 3 nitrogen and oxygen atoms in total. The summed E-state index contributed by atoms with van der Waals surface area (Å²) in [5.74, 6) is 1.11. The Balaban J connectivity index is 1.49. The van der Waals surface area contributed by atoms with Crippen LogP contribution in [0.25, 0.3) is 5.69 Å². The highest BCUT2D eigenvalue weighted by molar-refractivity contribution is 5.33. The van der Waals surface area contributed by atoms with E-state index in [9.17, 15) is 0 Å². The molecule has 2 fully saturated rings. The Labute approximate surface area is 132 Å². The van der Waals surface area contributed by atoms with Gasteiger partial charge in [0.2, 0.25) is 0 Å². The minimum absolute atomic E-state index is 0.286. The molecule has 22 heavy (non-hydrogen) atoms. The fourth-order valence-corrected chi connectivity index (χ4v) is 4.09. The molecular weight excluding hydrogens is 270 g/mol. The van der Waals surface area contributed by atoms with Gasteiger partial charge >= 0.3 is 0 Å². The normalized spacial score (nSPS) is 24.3. The number of benzene rings is 1. The van der Waals surface area contributed by atoms with Crippen molar-refractivity contribution in [2.45, 2.75) is 57.5 Å². The maximum absolute atomic E-state index is 4.61. The molecule has 3 heteroatoms. The van der Waals surface area contributed by atoms with E-state index in [4.69, 9.17) is 0 Å². The number of hydrogen-bond donors (Lipinski definition) is 1. The fourth-order valence-electron chi connectivity index (χ4n) is 4.09. The van der Waals surface area contributed by atoms with Crippen LogP contribution in [0.5, 0.6) is 0 Å². The molecule has 2 aliphatic rings. The Morgan fingerprint density at radius 3 is 2.82 bits per heavy atom. The lowest BCUT2D eigenvalue weighted by Crippen LogP contribution is -2.37. The van der Waals surface area contributed by atoms with Crippen LogP contribution in [0.3, 0.4) is 0 Å². The van der Waals surface area contributed by atoms with Gasteiger partial charge in [0.25, 0.3) is 0 Å². The van der Waals surface area contributed by atoms with Gasteiger partial charge < -0.3 is 9.88 Å². The number of para-hydroxylation sites is 1. The lowest BCUT2D eigenvalue weighted by molar-refractivity contribution is 0.252. The van der Waals surface area contributed by atoms with E-state index in [1.807, 2.05) is 6.20 Å². The molecule has 0 aliphatic heterocycles. The second kappa shape index (κ2) is 5.54. The standard InChI is InChI=1S/C19H25N3/c1-15(21-16-6-5-9-19(14-16)10-11-19)18-20-12-13-22(18)17-7-3-2-4-8-17/h2-4,7-8,12-13,15-16,21H,5-6,9-11,14H2,1H3. The van der Waals surface area contributed by atoms with Crippen LogP contribution in [0.1, 0.15) is 57.3 Å². The van der Waals surface area contributed by atoms with Crippen LogP contribution in [0.15, 0.2) is 42.7 Å². The highest BCUT2D eigenvalue weighted by atomic mass is 15.1. The van der Waals surface area contributed by atoms with E-state index in [0.717, 1.165) is 5.82 Å². The van der Waals surface area contributed by atoms with E-state index in [1.54, 1.807) is 0 Å². The van der Waals surface area contributed by atoms with Crippen molar-refractivity contribution < 1.29 is 0 Å². The van der Waals surface area contributed by atoms with Gasteiger partial charge in [0.05, 0.1) is 6.04 Å². The molecule has 2 atom stereocenters. The summed E-state index contributed by atoms with van der Waals surface area (Å²) in [5, 5.41) is 3.84. The Bertz CT molecular complexity index is 627. The van der Waals surface area contributed by atoms with Gasteiger partial charge in [-0.15, -0.1) is 0 Å². The highest BCUT2D eigenvalue weighted by Gasteiger charge is 2.45. The number of hydrogen-bond acceptors (Lipinski definition) is 2. The van der Waals surface area contributed by atoms with Gasteiger partial charge in [-0.1, -0.05) is 24.6 Å². The first-order valence-corrected chi connectivity index (χ1v) is 8.61. The topological polar surface area (TPSA) is 29.9 Å². The molecule has 1 heterocycles. The van der Waals surface area contributed by atoms with E-state index in [-0.39, 0.29) is 6.04 Å². The van der Waals surface area contributed by atoms with Crippen LogP contribution >= 0.6 is 0 Å². The number of aromatic nitrogens is 2. The fraction of sp³-hybridized carbons (Fsp3) is 0.526. The molecule has 1 aromatic carbocycles. The molecule has 1 spiro atoms. The maximum Gasteiger partial charge on any atom is 0.130 e. The lowest BCUT2D eigenvalue weighted by atomic mass is 9.83. The van der Waals surface area contributed by atoms with Crippen LogP contribution < -0.4 is 5.32 Å². The molecule has 1 aromatic heterocycles. The summed E-state index contributed by atoms with van der Waals surface area (Å²) in [6.45, 7) is 2.25. The molecule has 0 bridgehead atoms. The number of rotatable bonds is 4. The molecule has 2 unspecified atom stereocenters. The molecule has 4 rings (SSSR count). The zero-order chi connectivity index (χ0) is 15.0. The molecular formula is C19H25N3. The molecule has 0 amide bonds. The molecule has 1 N–H and O–H groups in total. The number of nitrogens with zero attached hydrogens (tertiary/aromatic N) is 2. The van der Waals surface area contributed by atoms with Crippen molar-refractivity contribution >= 4 is 0 Å². The zero-order valence-corrected chi connectivity index (χ0v) is 13.3. The minimum atomic E-state index is 0.286. The van der Waals surface area contributed by atoms with E-state index in [0.29, 0.717) is 11.5 Å². The van der Waals surface area contributed by atoms with Crippen molar-refractivity contribution in [1.82, 2.24) is 14.9 Å². The summed E-state index contributed by atoms with van der Waals surface area (Å²) in [5.41, 5.74) is 1.90. The van der Waals surface area contributed by atoms with Crippen molar-refractivity contribution in [3.63, 3.8) is 0 Å². The van der Waals surface area contributed by atoms with Gasteiger partial charge in [-0.3, -0.25) is 0 Å². The predicted octanol–water partition coefficient (Wildman–Crippen LogP) is 4.25. The van der Waals surface area contributed by atoms with Gasteiger partial charge in [0, 0.05) is 24.1 Å². The molecule has 116 valence electrons. The molecule has 2 aliphatic carbocycles. The maximum atomic E-state index is 4.61. The van der Waals surface area contributed by atoms with Gasteiger partial charge in [-0.2, -0.15) is 0 Å². The Hall–Kier alpha value is -1.61. The van der Waals surface area contributed by atoms with E-state index >= 15 is 0 Å². The van der Waals surface area contributed by atoms with Crippen molar-refractivity contribution in [3.8, 4) is 5.69 Å². The van der Waals surface area contributed by atoms with E-state index < -0.39 is 0 Å². The van der Waals surface area contributed by atoms with Crippen LogP contribution in [0.2, 0.25) is 0 Å². The van der Waals surface area contributed by atoms with Crippen molar-refractivity contribution in [1.29, 1.82) is 0 Å². The molecule has 0 radical (unpaired) electrons. The van der Waals surface area contributed by atoms with E-state index in [1.165, 1.54) is 44.2 Å². The zero-order valence-electron chi connectivity index (χ0n) is 13.3. The predicted molar refractivity (Wildman–Crippen MR) is 89.0 cm³/mol. The molecule has 2 aromatic rings.